The molecule has 0 radical (unpaired) electrons. The first-order valence-corrected chi connectivity index (χ1v) is 6.31. The van der Waals surface area contributed by atoms with Crippen LogP contribution in [0, 0.1) is 21.7 Å². The van der Waals surface area contributed by atoms with E-state index in [2.05, 4.69) is 10.3 Å². The van der Waals surface area contributed by atoms with Gasteiger partial charge in [-0.1, -0.05) is 23.2 Å². The second kappa shape index (κ2) is 6.20. The van der Waals surface area contributed by atoms with E-state index in [0.717, 1.165) is 6.20 Å². The number of halogens is 4. The molecule has 2 rings (SSSR count). The summed E-state index contributed by atoms with van der Waals surface area (Å²) < 4.78 is 26.8. The molecule has 10 heteroatoms. The second-order valence-electron chi connectivity index (χ2n) is 3.99. The maximum absolute atomic E-state index is 13.6. The lowest BCUT2D eigenvalue weighted by atomic mass is 10.1. The van der Waals surface area contributed by atoms with Gasteiger partial charge in [-0.3, -0.25) is 14.9 Å². The molecular weight excluding hydrogens is 343 g/mol. The SMILES string of the molecule is O=C(Nc1cnc(Cl)c(Cl)c1)c1cc([N+](=O)[O-])c(F)cc1F. The number of hydrogen-bond donors (Lipinski definition) is 1. The van der Waals surface area contributed by atoms with E-state index < -0.39 is 33.7 Å². The molecule has 0 saturated heterocycles. The van der Waals surface area contributed by atoms with E-state index in [1.807, 2.05) is 0 Å². The highest BCUT2D eigenvalue weighted by molar-refractivity contribution is 6.41. The molecule has 1 aromatic carbocycles. The van der Waals surface area contributed by atoms with Crippen molar-refractivity contribution in [2.45, 2.75) is 0 Å². The Morgan fingerprint density at radius 1 is 1.23 bits per heavy atom. The Morgan fingerprint density at radius 2 is 1.91 bits per heavy atom. The Balaban J connectivity index is 2.35. The average molecular weight is 348 g/mol. The predicted octanol–water partition coefficient (Wildman–Crippen LogP) is 3.83. The Labute approximate surface area is 131 Å². The third-order valence-electron chi connectivity index (χ3n) is 2.53. The number of anilines is 1. The van der Waals surface area contributed by atoms with E-state index in [1.165, 1.54) is 6.07 Å². The fraction of sp³-hybridized carbons (Fsp3) is 0. The molecule has 0 aliphatic carbocycles. The molecular formula is C12H5Cl2F2N3O3. The smallest absolute Gasteiger partial charge is 0.305 e. The van der Waals surface area contributed by atoms with Gasteiger partial charge in [0.2, 0.25) is 5.82 Å². The van der Waals surface area contributed by atoms with Crippen LogP contribution in [0.2, 0.25) is 10.2 Å². The van der Waals surface area contributed by atoms with Gasteiger partial charge in [-0.25, -0.2) is 9.37 Å². The zero-order valence-corrected chi connectivity index (χ0v) is 12.0. The number of aromatic nitrogens is 1. The summed E-state index contributed by atoms with van der Waals surface area (Å²) in [6.45, 7) is 0. The van der Waals surface area contributed by atoms with Gasteiger partial charge in [-0.2, -0.15) is 4.39 Å². The van der Waals surface area contributed by atoms with Crippen LogP contribution in [0.4, 0.5) is 20.2 Å². The van der Waals surface area contributed by atoms with Crippen molar-refractivity contribution in [3.63, 3.8) is 0 Å². The zero-order chi connectivity index (χ0) is 16.4. The quantitative estimate of drug-likeness (QED) is 0.519. The summed E-state index contributed by atoms with van der Waals surface area (Å²) >= 11 is 11.3. The van der Waals surface area contributed by atoms with Crippen molar-refractivity contribution >= 4 is 40.5 Å². The number of benzene rings is 1. The van der Waals surface area contributed by atoms with E-state index in [9.17, 15) is 23.7 Å². The van der Waals surface area contributed by atoms with Crippen LogP contribution >= 0.6 is 23.2 Å². The maximum Gasteiger partial charge on any atom is 0.305 e. The number of rotatable bonds is 3. The van der Waals surface area contributed by atoms with Crippen LogP contribution in [0.25, 0.3) is 0 Å². The van der Waals surface area contributed by atoms with Crippen molar-refractivity contribution in [2.24, 2.45) is 0 Å². The molecule has 1 aromatic heterocycles. The molecule has 0 aliphatic heterocycles. The number of hydrogen-bond acceptors (Lipinski definition) is 4. The minimum absolute atomic E-state index is 0.00302. The predicted molar refractivity (Wildman–Crippen MR) is 75.2 cm³/mol. The molecule has 0 bridgehead atoms. The Kier molecular flexibility index (Phi) is 4.53. The number of nitro groups is 1. The number of nitro benzene ring substituents is 1. The molecule has 0 saturated carbocycles. The van der Waals surface area contributed by atoms with Gasteiger partial charge in [-0.05, 0) is 6.07 Å². The van der Waals surface area contributed by atoms with Gasteiger partial charge in [0.15, 0.2) is 0 Å². The lowest BCUT2D eigenvalue weighted by molar-refractivity contribution is -0.387. The minimum atomic E-state index is -1.38. The van der Waals surface area contributed by atoms with Crippen LogP contribution in [0.3, 0.4) is 0 Å². The fourth-order valence-electron chi connectivity index (χ4n) is 1.54. The summed E-state index contributed by atoms with van der Waals surface area (Å²) in [5.41, 5.74) is -1.62. The molecule has 0 fully saturated rings. The topological polar surface area (TPSA) is 85.1 Å². The Bertz CT molecular complexity index is 786. The first kappa shape index (κ1) is 16.1. The standard InChI is InChI=1S/C12H5Cl2F2N3O3/c13-7-1-5(4-17-11(7)14)18-12(20)6-2-10(19(21)22)9(16)3-8(6)15/h1-4H,(H,18,20). The zero-order valence-electron chi connectivity index (χ0n) is 10.4. The average Bonchev–Trinajstić information content (AvgIpc) is 2.42. The van der Waals surface area contributed by atoms with Crippen LogP contribution < -0.4 is 5.32 Å². The van der Waals surface area contributed by atoms with Gasteiger partial charge in [0.1, 0.15) is 11.0 Å². The highest BCUT2D eigenvalue weighted by Crippen LogP contribution is 2.25. The molecule has 0 unspecified atom stereocenters. The minimum Gasteiger partial charge on any atom is -0.320 e. The van der Waals surface area contributed by atoms with Crippen molar-refractivity contribution in [1.29, 1.82) is 0 Å². The van der Waals surface area contributed by atoms with E-state index in [4.69, 9.17) is 23.2 Å². The van der Waals surface area contributed by atoms with E-state index in [1.54, 1.807) is 0 Å². The van der Waals surface area contributed by atoms with Gasteiger partial charge in [-0.15, -0.1) is 0 Å². The number of nitrogens with zero attached hydrogens (tertiary/aromatic N) is 2. The Morgan fingerprint density at radius 3 is 2.50 bits per heavy atom. The lowest BCUT2D eigenvalue weighted by Gasteiger charge is -2.07. The normalized spacial score (nSPS) is 10.4. The van der Waals surface area contributed by atoms with Gasteiger partial charge >= 0.3 is 5.69 Å². The summed E-state index contributed by atoms with van der Waals surface area (Å²) in [6, 6.07) is 2.02. The van der Waals surface area contributed by atoms with Crippen molar-refractivity contribution in [1.82, 2.24) is 4.98 Å². The van der Waals surface area contributed by atoms with Crippen LogP contribution in [-0.2, 0) is 0 Å². The number of carbonyl (C=O) groups is 1. The lowest BCUT2D eigenvalue weighted by Crippen LogP contribution is -2.15. The third kappa shape index (κ3) is 3.29. The van der Waals surface area contributed by atoms with Crippen molar-refractivity contribution in [3.05, 3.63) is 61.9 Å². The molecule has 2 aromatic rings. The first-order valence-electron chi connectivity index (χ1n) is 5.55. The van der Waals surface area contributed by atoms with Crippen LogP contribution in [0.15, 0.2) is 24.4 Å². The molecule has 1 amide bonds. The van der Waals surface area contributed by atoms with Crippen molar-refractivity contribution in [2.75, 3.05) is 5.32 Å². The largest absolute Gasteiger partial charge is 0.320 e. The molecule has 0 spiro atoms. The summed E-state index contributed by atoms with van der Waals surface area (Å²) in [5.74, 6) is -3.65. The molecule has 0 aliphatic rings. The summed E-state index contributed by atoms with van der Waals surface area (Å²) in [7, 11) is 0. The number of amides is 1. The number of carbonyl (C=O) groups excluding carboxylic acids is 1. The highest BCUT2D eigenvalue weighted by Gasteiger charge is 2.22. The van der Waals surface area contributed by atoms with Crippen molar-refractivity contribution in [3.8, 4) is 0 Å². The van der Waals surface area contributed by atoms with E-state index >= 15 is 0 Å². The summed E-state index contributed by atoms with van der Waals surface area (Å²) in [6.07, 6.45) is 1.15. The van der Waals surface area contributed by atoms with Crippen LogP contribution in [0.5, 0.6) is 0 Å². The molecule has 1 heterocycles. The monoisotopic (exact) mass is 347 g/mol. The number of nitrogens with one attached hydrogen (secondary N) is 1. The van der Waals surface area contributed by atoms with Gasteiger partial charge in [0, 0.05) is 12.1 Å². The van der Waals surface area contributed by atoms with Gasteiger partial charge in [0.25, 0.3) is 5.91 Å². The Hall–Kier alpha value is -2.32. The van der Waals surface area contributed by atoms with E-state index in [0.29, 0.717) is 6.07 Å². The van der Waals surface area contributed by atoms with Crippen LogP contribution in [-0.4, -0.2) is 15.8 Å². The fourth-order valence-corrected chi connectivity index (χ4v) is 1.81. The van der Waals surface area contributed by atoms with E-state index in [-0.39, 0.29) is 21.9 Å². The summed E-state index contributed by atoms with van der Waals surface area (Å²) in [4.78, 5) is 25.1. The van der Waals surface area contributed by atoms with Crippen LogP contribution in [0.1, 0.15) is 10.4 Å². The third-order valence-corrected chi connectivity index (χ3v) is 3.22. The van der Waals surface area contributed by atoms with Gasteiger partial charge in [0.05, 0.1) is 27.4 Å². The molecule has 22 heavy (non-hydrogen) atoms. The molecule has 1 N–H and O–H groups in total. The molecule has 6 nitrogen and oxygen atoms in total. The van der Waals surface area contributed by atoms with Gasteiger partial charge < -0.3 is 5.32 Å². The summed E-state index contributed by atoms with van der Waals surface area (Å²) in [5, 5.41) is 12.9. The number of pyridine rings is 1. The maximum atomic E-state index is 13.6. The highest BCUT2D eigenvalue weighted by atomic mass is 35.5. The molecule has 0 atom stereocenters. The second-order valence-corrected chi connectivity index (χ2v) is 4.76. The first-order chi connectivity index (χ1) is 10.3. The molecule has 114 valence electrons. The van der Waals surface area contributed by atoms with Crippen molar-refractivity contribution < 1.29 is 18.5 Å².